The molecular formula is C11H13F3N4O. The molecule has 0 bridgehead atoms. The zero-order valence-corrected chi connectivity index (χ0v) is 10.2. The van der Waals surface area contributed by atoms with E-state index in [4.69, 9.17) is 5.73 Å². The number of piperazine rings is 1. The molecule has 2 heterocycles. The molecule has 8 heteroatoms. The van der Waals surface area contributed by atoms with Gasteiger partial charge in [0.25, 0.3) is 0 Å². The van der Waals surface area contributed by atoms with Gasteiger partial charge >= 0.3 is 6.18 Å². The maximum absolute atomic E-state index is 12.6. The molecular weight excluding hydrogens is 261 g/mol. The van der Waals surface area contributed by atoms with Gasteiger partial charge < -0.3 is 15.5 Å². The Kier molecular flexibility index (Phi) is 3.25. The van der Waals surface area contributed by atoms with Crippen molar-refractivity contribution in [2.24, 2.45) is 0 Å². The van der Waals surface area contributed by atoms with Crippen LogP contribution in [0.3, 0.4) is 0 Å². The molecule has 2 rings (SSSR count). The number of rotatable bonds is 1. The lowest BCUT2D eigenvalue weighted by Gasteiger charge is -2.34. The van der Waals surface area contributed by atoms with E-state index in [2.05, 4.69) is 4.98 Å². The number of carbonyl (C=O) groups is 1. The van der Waals surface area contributed by atoms with Crippen LogP contribution in [-0.4, -0.2) is 42.5 Å². The highest BCUT2D eigenvalue weighted by molar-refractivity contribution is 5.84. The summed E-state index contributed by atoms with van der Waals surface area (Å²) in [6.07, 6.45) is -3.56. The van der Waals surface area contributed by atoms with Gasteiger partial charge in [0.05, 0.1) is 24.1 Å². The third kappa shape index (κ3) is 2.72. The highest BCUT2D eigenvalue weighted by Crippen LogP contribution is 2.33. The highest BCUT2D eigenvalue weighted by Gasteiger charge is 2.34. The topological polar surface area (TPSA) is 62.5 Å². The minimum atomic E-state index is -4.53. The van der Waals surface area contributed by atoms with E-state index in [0.717, 1.165) is 12.3 Å². The zero-order valence-electron chi connectivity index (χ0n) is 10.2. The number of nitrogens with zero attached hydrogens (tertiary/aromatic N) is 3. The summed E-state index contributed by atoms with van der Waals surface area (Å²) in [6, 6.07) is 0.883. The number of anilines is 2. The van der Waals surface area contributed by atoms with Crippen LogP contribution in [0.25, 0.3) is 0 Å². The number of aromatic nitrogens is 1. The molecule has 1 aromatic heterocycles. The smallest absolute Gasteiger partial charge is 0.396 e. The standard InChI is InChI=1S/C11H13F3N4O/c1-17-2-3-18(6-10(17)19)8-4-9(11(12,13)14)16-5-7(8)15/h4-5H,2-3,6,15H2,1H3. The van der Waals surface area contributed by atoms with Gasteiger partial charge in [-0.15, -0.1) is 0 Å². The quantitative estimate of drug-likeness (QED) is 0.828. The van der Waals surface area contributed by atoms with Crippen molar-refractivity contribution in [2.45, 2.75) is 6.18 Å². The predicted molar refractivity (Wildman–Crippen MR) is 63.5 cm³/mol. The second-order valence-corrected chi connectivity index (χ2v) is 4.36. The predicted octanol–water partition coefficient (Wildman–Crippen LogP) is 0.961. The third-order valence-electron chi connectivity index (χ3n) is 3.00. The van der Waals surface area contributed by atoms with Crippen LogP contribution in [0.2, 0.25) is 0 Å². The second-order valence-electron chi connectivity index (χ2n) is 4.36. The average Bonchev–Trinajstić information content (AvgIpc) is 2.32. The molecule has 2 N–H and O–H groups in total. The summed E-state index contributed by atoms with van der Waals surface area (Å²) in [5.41, 5.74) is 4.96. The summed E-state index contributed by atoms with van der Waals surface area (Å²) in [7, 11) is 1.65. The fraction of sp³-hybridized carbons (Fsp3) is 0.455. The maximum Gasteiger partial charge on any atom is 0.433 e. The first kappa shape index (κ1) is 13.4. The van der Waals surface area contributed by atoms with Crippen LogP contribution in [-0.2, 0) is 11.0 Å². The molecule has 0 aromatic carbocycles. The number of hydrogen-bond donors (Lipinski definition) is 1. The molecule has 0 atom stereocenters. The molecule has 1 amide bonds. The average molecular weight is 274 g/mol. The van der Waals surface area contributed by atoms with Gasteiger partial charge in [-0.2, -0.15) is 13.2 Å². The van der Waals surface area contributed by atoms with Gasteiger partial charge in [-0.25, -0.2) is 4.98 Å². The van der Waals surface area contributed by atoms with Gasteiger partial charge in [-0.3, -0.25) is 4.79 Å². The number of pyridine rings is 1. The van der Waals surface area contributed by atoms with Gasteiger partial charge in [-0.05, 0) is 6.07 Å². The Morgan fingerprint density at radius 2 is 2.05 bits per heavy atom. The van der Waals surface area contributed by atoms with Crippen LogP contribution in [0.1, 0.15) is 5.69 Å². The monoisotopic (exact) mass is 274 g/mol. The van der Waals surface area contributed by atoms with Gasteiger partial charge in [-0.1, -0.05) is 0 Å². The van der Waals surface area contributed by atoms with E-state index in [9.17, 15) is 18.0 Å². The summed E-state index contributed by atoms with van der Waals surface area (Å²) < 4.78 is 37.8. The Balaban J connectivity index is 2.31. The first-order valence-electron chi connectivity index (χ1n) is 5.60. The molecule has 1 aromatic rings. The summed E-state index contributed by atoms with van der Waals surface area (Å²) in [5.74, 6) is -0.156. The summed E-state index contributed by atoms with van der Waals surface area (Å²) in [5, 5.41) is 0. The minimum Gasteiger partial charge on any atom is -0.396 e. The zero-order chi connectivity index (χ0) is 14.2. The normalized spacial score (nSPS) is 16.9. The van der Waals surface area contributed by atoms with E-state index in [1.165, 1.54) is 9.80 Å². The molecule has 0 unspecified atom stereocenters. The number of nitrogens with two attached hydrogens (primary N) is 1. The first-order valence-corrected chi connectivity index (χ1v) is 5.60. The summed E-state index contributed by atoms with van der Waals surface area (Å²) >= 11 is 0. The third-order valence-corrected chi connectivity index (χ3v) is 3.00. The van der Waals surface area contributed by atoms with Crippen LogP contribution in [0.15, 0.2) is 12.3 Å². The van der Waals surface area contributed by atoms with Crippen LogP contribution >= 0.6 is 0 Å². The largest absolute Gasteiger partial charge is 0.433 e. The molecule has 1 aliphatic heterocycles. The molecule has 0 aliphatic carbocycles. The van der Waals surface area contributed by atoms with Crippen LogP contribution in [0.5, 0.6) is 0 Å². The Morgan fingerprint density at radius 1 is 1.37 bits per heavy atom. The number of alkyl halides is 3. The molecule has 19 heavy (non-hydrogen) atoms. The first-order chi connectivity index (χ1) is 8.79. The SMILES string of the molecule is CN1CCN(c2cc(C(F)(F)F)ncc2N)CC1=O. The fourth-order valence-electron chi connectivity index (χ4n) is 1.85. The number of amides is 1. The van der Waals surface area contributed by atoms with Gasteiger partial charge in [0, 0.05) is 20.1 Å². The van der Waals surface area contributed by atoms with Crippen molar-refractivity contribution < 1.29 is 18.0 Å². The highest BCUT2D eigenvalue weighted by atomic mass is 19.4. The van der Waals surface area contributed by atoms with Crippen LogP contribution in [0, 0.1) is 0 Å². The summed E-state index contributed by atoms with van der Waals surface area (Å²) in [6.45, 7) is 0.901. The van der Waals surface area contributed by atoms with Crippen LogP contribution in [0.4, 0.5) is 24.5 Å². The lowest BCUT2D eigenvalue weighted by molar-refractivity contribution is -0.141. The van der Waals surface area contributed by atoms with E-state index in [0.29, 0.717) is 13.1 Å². The van der Waals surface area contributed by atoms with Crippen molar-refractivity contribution in [3.63, 3.8) is 0 Å². The Hall–Kier alpha value is -1.99. The molecule has 0 radical (unpaired) electrons. The van der Waals surface area contributed by atoms with Crippen LogP contribution < -0.4 is 10.6 Å². The molecule has 1 aliphatic rings. The number of nitrogen functional groups attached to an aromatic ring is 1. The molecule has 0 spiro atoms. The number of likely N-dealkylation sites (N-methyl/N-ethyl adjacent to an activating group) is 1. The van der Waals surface area contributed by atoms with E-state index in [1.54, 1.807) is 7.05 Å². The fourth-order valence-corrected chi connectivity index (χ4v) is 1.85. The van der Waals surface area contributed by atoms with Crippen molar-refractivity contribution >= 4 is 17.3 Å². The van der Waals surface area contributed by atoms with E-state index in [-0.39, 0.29) is 23.8 Å². The molecule has 5 nitrogen and oxygen atoms in total. The van der Waals surface area contributed by atoms with E-state index >= 15 is 0 Å². The lowest BCUT2D eigenvalue weighted by Crippen LogP contribution is -2.48. The van der Waals surface area contributed by atoms with Crippen molar-refractivity contribution in [1.82, 2.24) is 9.88 Å². The Labute approximate surface area is 107 Å². The lowest BCUT2D eigenvalue weighted by atomic mass is 10.2. The van der Waals surface area contributed by atoms with Crippen molar-refractivity contribution in [2.75, 3.05) is 37.3 Å². The van der Waals surface area contributed by atoms with Crippen molar-refractivity contribution in [1.29, 1.82) is 0 Å². The van der Waals surface area contributed by atoms with Gasteiger partial charge in [0.2, 0.25) is 5.91 Å². The Bertz CT molecular complexity index is 503. The molecule has 104 valence electrons. The maximum atomic E-state index is 12.6. The number of carbonyl (C=O) groups excluding carboxylic acids is 1. The molecule has 1 saturated heterocycles. The number of hydrogen-bond acceptors (Lipinski definition) is 4. The van der Waals surface area contributed by atoms with E-state index < -0.39 is 11.9 Å². The summed E-state index contributed by atoms with van der Waals surface area (Å²) in [4.78, 5) is 17.9. The van der Waals surface area contributed by atoms with Crippen molar-refractivity contribution in [3.8, 4) is 0 Å². The number of halogens is 3. The Morgan fingerprint density at radius 3 is 2.63 bits per heavy atom. The molecule has 0 saturated carbocycles. The second kappa shape index (κ2) is 4.60. The van der Waals surface area contributed by atoms with Gasteiger partial charge in [0.1, 0.15) is 5.69 Å². The van der Waals surface area contributed by atoms with Gasteiger partial charge in [0.15, 0.2) is 0 Å². The minimum absolute atomic E-state index is 0.0159. The molecule has 1 fully saturated rings. The van der Waals surface area contributed by atoms with Crippen molar-refractivity contribution in [3.05, 3.63) is 18.0 Å². The van der Waals surface area contributed by atoms with E-state index in [1.807, 2.05) is 0 Å².